The lowest BCUT2D eigenvalue weighted by Crippen LogP contribution is -2.24. The Labute approximate surface area is 53.0 Å². The van der Waals surface area contributed by atoms with Crippen molar-refractivity contribution in [2.45, 2.75) is 25.4 Å². The molecular weight excluding hydrogens is 120 g/mol. The number of hydrogen-bond acceptors (Lipinski definition) is 3. The first-order valence-corrected chi connectivity index (χ1v) is 2.97. The van der Waals surface area contributed by atoms with Crippen LogP contribution in [0.4, 0.5) is 0 Å². The molecule has 1 aliphatic rings. The van der Waals surface area contributed by atoms with Crippen molar-refractivity contribution in [2.75, 3.05) is 0 Å². The minimum Gasteiger partial charge on any atom is -0.455 e. The number of cyclic esters (lactones) is 1. The molecule has 0 bridgehead atoms. The molecule has 3 heteroatoms. The Bertz CT molecular complexity index is 130. The van der Waals surface area contributed by atoms with E-state index < -0.39 is 6.10 Å². The molecule has 1 atom stereocenters. The number of aldehydes is 1. The van der Waals surface area contributed by atoms with E-state index in [2.05, 4.69) is 4.74 Å². The van der Waals surface area contributed by atoms with E-state index in [4.69, 9.17) is 0 Å². The molecule has 0 aromatic heterocycles. The van der Waals surface area contributed by atoms with Gasteiger partial charge in [0.1, 0.15) is 0 Å². The average Bonchev–Trinajstić information content (AvgIpc) is 1.88. The van der Waals surface area contributed by atoms with Crippen molar-refractivity contribution in [3.63, 3.8) is 0 Å². The van der Waals surface area contributed by atoms with Crippen LogP contribution in [0.25, 0.3) is 0 Å². The van der Waals surface area contributed by atoms with Crippen LogP contribution in [0.15, 0.2) is 0 Å². The Morgan fingerprint density at radius 3 is 2.89 bits per heavy atom. The molecule has 1 fully saturated rings. The first kappa shape index (κ1) is 6.26. The van der Waals surface area contributed by atoms with Crippen LogP contribution in [0.1, 0.15) is 19.3 Å². The zero-order valence-corrected chi connectivity index (χ0v) is 5.00. The summed E-state index contributed by atoms with van der Waals surface area (Å²) in [7, 11) is 0. The summed E-state index contributed by atoms with van der Waals surface area (Å²) >= 11 is 0. The molecule has 3 nitrogen and oxygen atoms in total. The average molecular weight is 128 g/mol. The fraction of sp³-hybridized carbons (Fsp3) is 0.667. The van der Waals surface area contributed by atoms with Crippen molar-refractivity contribution in [1.29, 1.82) is 0 Å². The molecular formula is C6H8O3. The number of ether oxygens (including phenoxy) is 1. The first-order chi connectivity index (χ1) is 4.33. The number of carbonyl (C=O) groups excluding carboxylic acids is 2. The second kappa shape index (κ2) is 2.62. The van der Waals surface area contributed by atoms with Crippen molar-refractivity contribution in [3.05, 3.63) is 0 Å². The van der Waals surface area contributed by atoms with Crippen LogP contribution in [-0.4, -0.2) is 18.4 Å². The smallest absolute Gasteiger partial charge is 0.306 e. The number of carbonyl (C=O) groups is 2. The standard InChI is InChI=1S/C6H8O3/c7-4-5-2-1-3-6(8)9-5/h4-5H,1-3H2. The van der Waals surface area contributed by atoms with Crippen molar-refractivity contribution in [3.8, 4) is 0 Å². The van der Waals surface area contributed by atoms with Gasteiger partial charge in [-0.15, -0.1) is 0 Å². The minimum atomic E-state index is -0.466. The van der Waals surface area contributed by atoms with Crippen LogP contribution < -0.4 is 0 Å². The SMILES string of the molecule is O=CC1CCCC(=O)O1. The van der Waals surface area contributed by atoms with Crippen molar-refractivity contribution in [2.24, 2.45) is 0 Å². The highest BCUT2D eigenvalue weighted by Gasteiger charge is 2.18. The molecule has 1 heterocycles. The maximum absolute atomic E-state index is 10.5. The monoisotopic (exact) mass is 128 g/mol. The van der Waals surface area contributed by atoms with Crippen LogP contribution in [0.3, 0.4) is 0 Å². The van der Waals surface area contributed by atoms with Gasteiger partial charge in [-0.2, -0.15) is 0 Å². The Hall–Kier alpha value is -0.860. The Morgan fingerprint density at radius 1 is 1.67 bits per heavy atom. The maximum Gasteiger partial charge on any atom is 0.306 e. The zero-order chi connectivity index (χ0) is 6.69. The molecule has 0 spiro atoms. The molecule has 50 valence electrons. The molecule has 1 unspecified atom stereocenters. The van der Waals surface area contributed by atoms with Crippen molar-refractivity contribution in [1.82, 2.24) is 0 Å². The molecule has 0 saturated carbocycles. The molecule has 1 rings (SSSR count). The molecule has 0 amide bonds. The van der Waals surface area contributed by atoms with Gasteiger partial charge in [-0.05, 0) is 12.8 Å². The zero-order valence-electron chi connectivity index (χ0n) is 5.00. The van der Waals surface area contributed by atoms with Crippen LogP contribution in [-0.2, 0) is 14.3 Å². The third-order valence-corrected chi connectivity index (χ3v) is 1.30. The predicted molar refractivity (Wildman–Crippen MR) is 29.8 cm³/mol. The molecule has 0 aromatic rings. The van der Waals surface area contributed by atoms with Gasteiger partial charge in [0, 0.05) is 6.42 Å². The van der Waals surface area contributed by atoms with E-state index in [0.717, 1.165) is 6.42 Å². The van der Waals surface area contributed by atoms with Gasteiger partial charge in [-0.25, -0.2) is 0 Å². The summed E-state index contributed by atoms with van der Waals surface area (Å²) in [5.41, 5.74) is 0. The lowest BCUT2D eigenvalue weighted by atomic mass is 10.1. The van der Waals surface area contributed by atoms with Gasteiger partial charge in [0.05, 0.1) is 0 Å². The van der Waals surface area contributed by atoms with Gasteiger partial charge in [0.15, 0.2) is 12.4 Å². The first-order valence-electron chi connectivity index (χ1n) is 2.97. The van der Waals surface area contributed by atoms with E-state index in [-0.39, 0.29) is 5.97 Å². The highest BCUT2D eigenvalue weighted by molar-refractivity contribution is 5.73. The highest BCUT2D eigenvalue weighted by Crippen LogP contribution is 2.11. The normalized spacial score (nSPS) is 27.1. The van der Waals surface area contributed by atoms with E-state index in [1.54, 1.807) is 0 Å². The Kier molecular flexibility index (Phi) is 1.82. The minimum absolute atomic E-state index is 0.252. The van der Waals surface area contributed by atoms with Crippen molar-refractivity contribution >= 4 is 12.3 Å². The molecule has 0 aliphatic carbocycles. The van der Waals surface area contributed by atoms with E-state index >= 15 is 0 Å². The Morgan fingerprint density at radius 2 is 2.44 bits per heavy atom. The third-order valence-electron chi connectivity index (χ3n) is 1.30. The lowest BCUT2D eigenvalue weighted by Gasteiger charge is -2.16. The van der Waals surface area contributed by atoms with Gasteiger partial charge in [-0.3, -0.25) is 9.59 Å². The van der Waals surface area contributed by atoms with Gasteiger partial charge in [0.25, 0.3) is 0 Å². The van der Waals surface area contributed by atoms with Gasteiger partial charge >= 0.3 is 5.97 Å². The molecule has 0 aromatic carbocycles. The van der Waals surface area contributed by atoms with E-state index in [0.29, 0.717) is 19.1 Å². The molecule has 9 heavy (non-hydrogen) atoms. The van der Waals surface area contributed by atoms with Gasteiger partial charge in [-0.1, -0.05) is 0 Å². The molecule has 0 N–H and O–H groups in total. The van der Waals surface area contributed by atoms with Crippen molar-refractivity contribution < 1.29 is 14.3 Å². The van der Waals surface area contributed by atoms with E-state index in [1.165, 1.54) is 0 Å². The summed E-state index contributed by atoms with van der Waals surface area (Å²) in [5, 5.41) is 0. The van der Waals surface area contributed by atoms with Gasteiger partial charge < -0.3 is 4.74 Å². The number of esters is 1. The second-order valence-electron chi connectivity index (χ2n) is 2.06. The fourth-order valence-corrected chi connectivity index (χ4v) is 0.830. The van der Waals surface area contributed by atoms with Crippen LogP contribution in [0.2, 0.25) is 0 Å². The maximum atomic E-state index is 10.5. The molecule has 1 aliphatic heterocycles. The number of rotatable bonds is 1. The van der Waals surface area contributed by atoms with Gasteiger partial charge in [0.2, 0.25) is 0 Å². The van der Waals surface area contributed by atoms with Crippen LogP contribution >= 0.6 is 0 Å². The van der Waals surface area contributed by atoms with E-state index in [9.17, 15) is 9.59 Å². The summed E-state index contributed by atoms with van der Waals surface area (Å²) in [6.07, 6.45) is 2.14. The lowest BCUT2D eigenvalue weighted by molar-refractivity contribution is -0.156. The summed E-state index contributed by atoms with van der Waals surface area (Å²) < 4.78 is 4.63. The topological polar surface area (TPSA) is 43.4 Å². The fourth-order valence-electron chi connectivity index (χ4n) is 0.830. The molecule has 0 radical (unpaired) electrons. The van der Waals surface area contributed by atoms with Crippen LogP contribution in [0, 0.1) is 0 Å². The second-order valence-corrected chi connectivity index (χ2v) is 2.06. The third kappa shape index (κ3) is 1.52. The summed E-state index contributed by atoms with van der Waals surface area (Å²) in [4.78, 5) is 20.5. The predicted octanol–water partition coefficient (Wildman–Crippen LogP) is 0.281. The Balaban J connectivity index is 2.40. The largest absolute Gasteiger partial charge is 0.455 e. The quantitative estimate of drug-likeness (QED) is 0.376. The summed E-state index contributed by atoms with van der Waals surface area (Å²) in [6, 6.07) is 0. The highest BCUT2D eigenvalue weighted by atomic mass is 16.5. The summed E-state index contributed by atoms with van der Waals surface area (Å²) in [6.45, 7) is 0. The number of hydrogen-bond donors (Lipinski definition) is 0. The summed E-state index contributed by atoms with van der Waals surface area (Å²) in [5.74, 6) is -0.252. The van der Waals surface area contributed by atoms with Crippen LogP contribution in [0.5, 0.6) is 0 Å². The van der Waals surface area contributed by atoms with E-state index in [1.807, 2.05) is 0 Å². The molecule has 1 saturated heterocycles.